The fourth-order valence-corrected chi connectivity index (χ4v) is 4.08. The van der Waals surface area contributed by atoms with Crippen LogP contribution < -0.4 is 24.4 Å². The van der Waals surface area contributed by atoms with E-state index in [1.165, 1.54) is 0 Å². The lowest BCUT2D eigenvalue weighted by Gasteiger charge is -2.50. The minimum absolute atomic E-state index is 0.0925. The van der Waals surface area contributed by atoms with Crippen molar-refractivity contribution in [3.05, 3.63) is 46.4 Å². The molecule has 26 heavy (non-hydrogen) atoms. The van der Waals surface area contributed by atoms with Crippen molar-refractivity contribution < 1.29 is 19.0 Å². The van der Waals surface area contributed by atoms with Crippen molar-refractivity contribution in [3.63, 3.8) is 0 Å². The number of urea groups is 1. The summed E-state index contributed by atoms with van der Waals surface area (Å²) in [5, 5.41) is 3.09. The normalized spacial score (nSPS) is 23.6. The average molecular weight is 419 g/mol. The third kappa shape index (κ3) is 2.58. The first kappa shape index (κ1) is 17.0. The molecule has 2 aromatic rings. The fraction of sp³-hybridized carbons (Fsp3) is 0.316. The number of amides is 2. The minimum atomic E-state index is -0.798. The van der Waals surface area contributed by atoms with E-state index in [-0.39, 0.29) is 12.1 Å². The van der Waals surface area contributed by atoms with Gasteiger partial charge in [-0.05, 0) is 37.3 Å². The van der Waals surface area contributed by atoms with Gasteiger partial charge in [-0.3, -0.25) is 4.90 Å². The van der Waals surface area contributed by atoms with Crippen molar-refractivity contribution in [1.29, 1.82) is 0 Å². The van der Waals surface area contributed by atoms with Gasteiger partial charge in [0.05, 0.1) is 25.9 Å². The van der Waals surface area contributed by atoms with Crippen LogP contribution in [-0.4, -0.2) is 26.0 Å². The number of hydrogen-bond donors (Lipinski definition) is 1. The largest absolute Gasteiger partial charge is 0.493 e. The number of rotatable bonds is 3. The van der Waals surface area contributed by atoms with Gasteiger partial charge < -0.3 is 19.5 Å². The summed E-state index contributed by atoms with van der Waals surface area (Å²) in [5.41, 5.74) is 0.867. The van der Waals surface area contributed by atoms with Crippen LogP contribution in [-0.2, 0) is 0 Å². The van der Waals surface area contributed by atoms with Gasteiger partial charge in [0, 0.05) is 22.5 Å². The third-order valence-corrected chi connectivity index (χ3v) is 5.35. The Morgan fingerprint density at radius 3 is 2.69 bits per heavy atom. The zero-order valence-electron chi connectivity index (χ0n) is 14.7. The second kappa shape index (κ2) is 6.09. The predicted molar refractivity (Wildman–Crippen MR) is 101 cm³/mol. The Morgan fingerprint density at radius 2 is 1.96 bits per heavy atom. The zero-order chi connectivity index (χ0) is 18.5. The molecule has 0 spiro atoms. The number of nitrogens with one attached hydrogen (secondary N) is 1. The lowest BCUT2D eigenvalue weighted by molar-refractivity contribution is 0.0378. The van der Waals surface area contributed by atoms with Crippen LogP contribution in [0.4, 0.5) is 10.5 Å². The van der Waals surface area contributed by atoms with Crippen molar-refractivity contribution in [2.45, 2.75) is 25.1 Å². The highest BCUT2D eigenvalue weighted by molar-refractivity contribution is 9.10. The quantitative estimate of drug-likeness (QED) is 0.809. The molecule has 2 heterocycles. The molecule has 0 saturated carbocycles. The van der Waals surface area contributed by atoms with Crippen molar-refractivity contribution in [2.24, 2.45) is 0 Å². The molecule has 6 nitrogen and oxygen atoms in total. The van der Waals surface area contributed by atoms with Gasteiger partial charge in [-0.1, -0.05) is 15.9 Å². The van der Waals surface area contributed by atoms with Gasteiger partial charge in [0.1, 0.15) is 5.75 Å². The van der Waals surface area contributed by atoms with Crippen LogP contribution >= 0.6 is 15.9 Å². The molecule has 1 fully saturated rings. The van der Waals surface area contributed by atoms with Crippen LogP contribution in [0.25, 0.3) is 0 Å². The summed E-state index contributed by atoms with van der Waals surface area (Å²) in [6.45, 7) is 1.93. The van der Waals surface area contributed by atoms with E-state index in [1.807, 2.05) is 31.2 Å². The number of halogens is 1. The standard InChI is InChI=1S/C19H19BrN2O4/c1-19-10-14(13-8-11(20)4-6-15(13)26-19)21-18(23)22(19)12-5-7-16(24-2)17(9-12)25-3/h4-9,14H,10H2,1-3H3,(H,21,23)/t14-,19-/m0/s1. The van der Waals surface area contributed by atoms with Crippen LogP contribution in [0.5, 0.6) is 17.2 Å². The predicted octanol–water partition coefficient (Wildman–Crippen LogP) is 4.24. The van der Waals surface area contributed by atoms with Gasteiger partial charge in [0.15, 0.2) is 17.2 Å². The number of nitrogens with zero attached hydrogens (tertiary/aromatic N) is 1. The maximum absolute atomic E-state index is 12.9. The molecule has 7 heteroatoms. The summed E-state index contributed by atoms with van der Waals surface area (Å²) in [6.07, 6.45) is 0.635. The lowest BCUT2D eigenvalue weighted by atomic mass is 9.90. The maximum atomic E-state index is 12.9. The van der Waals surface area contributed by atoms with Crippen molar-refractivity contribution in [1.82, 2.24) is 5.32 Å². The van der Waals surface area contributed by atoms with Gasteiger partial charge >= 0.3 is 6.03 Å². The van der Waals surface area contributed by atoms with Crippen LogP contribution in [0.3, 0.4) is 0 Å². The maximum Gasteiger partial charge on any atom is 0.325 e. The fourth-order valence-electron chi connectivity index (χ4n) is 3.70. The lowest BCUT2D eigenvalue weighted by Crippen LogP contribution is -2.65. The molecule has 2 amide bonds. The molecule has 0 unspecified atom stereocenters. The van der Waals surface area contributed by atoms with Gasteiger partial charge in [-0.25, -0.2) is 4.79 Å². The number of ether oxygens (including phenoxy) is 3. The molecule has 0 aliphatic carbocycles. The first-order chi connectivity index (χ1) is 12.4. The minimum Gasteiger partial charge on any atom is -0.493 e. The molecular weight excluding hydrogens is 400 g/mol. The van der Waals surface area contributed by atoms with Gasteiger partial charge in [0.25, 0.3) is 0 Å². The monoisotopic (exact) mass is 418 g/mol. The Balaban J connectivity index is 1.77. The Bertz CT molecular complexity index is 888. The Labute approximate surface area is 160 Å². The van der Waals surface area contributed by atoms with Crippen LogP contribution in [0.15, 0.2) is 40.9 Å². The van der Waals surface area contributed by atoms with Crippen molar-refractivity contribution >= 4 is 27.6 Å². The van der Waals surface area contributed by atoms with E-state index in [0.29, 0.717) is 23.6 Å². The number of carbonyl (C=O) groups excluding carboxylic acids is 1. The Morgan fingerprint density at radius 1 is 1.19 bits per heavy atom. The summed E-state index contributed by atoms with van der Waals surface area (Å²) in [4.78, 5) is 14.5. The topological polar surface area (TPSA) is 60.0 Å². The molecule has 4 rings (SSSR count). The Hall–Kier alpha value is -2.41. The highest BCUT2D eigenvalue weighted by atomic mass is 79.9. The first-order valence-electron chi connectivity index (χ1n) is 8.26. The highest BCUT2D eigenvalue weighted by Crippen LogP contribution is 2.47. The third-order valence-electron chi connectivity index (χ3n) is 4.86. The van der Waals surface area contributed by atoms with E-state index in [1.54, 1.807) is 31.3 Å². The first-order valence-corrected chi connectivity index (χ1v) is 9.06. The molecule has 2 atom stereocenters. The average Bonchev–Trinajstić information content (AvgIpc) is 2.61. The van der Waals surface area contributed by atoms with Gasteiger partial charge in [0.2, 0.25) is 0 Å². The SMILES string of the molecule is COc1ccc(N2C(=O)N[C@H]3C[C@]2(C)Oc2ccc(Br)cc23)cc1OC. The van der Waals surface area contributed by atoms with Crippen molar-refractivity contribution in [2.75, 3.05) is 19.1 Å². The number of carbonyl (C=O) groups is 1. The van der Waals surface area contributed by atoms with E-state index in [0.717, 1.165) is 15.8 Å². The van der Waals surface area contributed by atoms with E-state index in [2.05, 4.69) is 21.2 Å². The van der Waals surface area contributed by atoms with Gasteiger partial charge in [-0.2, -0.15) is 0 Å². The molecule has 1 saturated heterocycles. The second-order valence-electron chi connectivity index (χ2n) is 6.54. The zero-order valence-corrected chi connectivity index (χ0v) is 16.3. The molecule has 2 aliphatic rings. The summed E-state index contributed by atoms with van der Waals surface area (Å²) >= 11 is 3.48. The van der Waals surface area contributed by atoms with Crippen LogP contribution in [0, 0.1) is 0 Å². The summed E-state index contributed by atoms with van der Waals surface area (Å²) in [6, 6.07) is 10.9. The van der Waals surface area contributed by atoms with E-state index in [4.69, 9.17) is 14.2 Å². The number of fused-ring (bicyclic) bond motifs is 4. The molecule has 2 aromatic carbocycles. The molecular formula is C19H19BrN2O4. The summed E-state index contributed by atoms with van der Waals surface area (Å²) < 4.78 is 17.9. The van der Waals surface area contributed by atoms with Crippen LogP contribution in [0.2, 0.25) is 0 Å². The van der Waals surface area contributed by atoms with E-state index < -0.39 is 5.72 Å². The Kier molecular flexibility index (Phi) is 3.99. The van der Waals surface area contributed by atoms with E-state index in [9.17, 15) is 4.79 Å². The van der Waals surface area contributed by atoms with Gasteiger partial charge in [-0.15, -0.1) is 0 Å². The molecule has 1 N–H and O–H groups in total. The molecule has 0 radical (unpaired) electrons. The number of anilines is 1. The summed E-state index contributed by atoms with van der Waals surface area (Å²) in [5.74, 6) is 1.94. The number of methoxy groups -OCH3 is 2. The van der Waals surface area contributed by atoms with Crippen molar-refractivity contribution in [3.8, 4) is 17.2 Å². The molecule has 2 aliphatic heterocycles. The van der Waals surface area contributed by atoms with E-state index >= 15 is 0 Å². The molecule has 2 bridgehead atoms. The van der Waals surface area contributed by atoms with Crippen LogP contribution in [0.1, 0.15) is 24.9 Å². The smallest absolute Gasteiger partial charge is 0.325 e. The number of benzene rings is 2. The number of hydrogen-bond acceptors (Lipinski definition) is 4. The molecule has 136 valence electrons. The molecule has 0 aromatic heterocycles. The second-order valence-corrected chi connectivity index (χ2v) is 7.46. The highest BCUT2D eigenvalue weighted by Gasteiger charge is 2.50. The summed E-state index contributed by atoms with van der Waals surface area (Å²) in [7, 11) is 3.15.